The van der Waals surface area contributed by atoms with Gasteiger partial charge in [-0.15, -0.1) is 23.1 Å². The van der Waals surface area contributed by atoms with Crippen LogP contribution in [-0.2, 0) is 14.8 Å². The van der Waals surface area contributed by atoms with Gasteiger partial charge >= 0.3 is 6.18 Å². The van der Waals surface area contributed by atoms with Crippen LogP contribution in [0.2, 0.25) is 0 Å². The molecule has 1 fully saturated rings. The third-order valence-electron chi connectivity index (χ3n) is 2.67. The molecule has 11 heteroatoms. The lowest BCUT2D eigenvalue weighted by molar-refractivity contribution is -0.140. The topological polar surface area (TPSA) is 66.5 Å². The molecule has 0 unspecified atom stereocenters. The first-order valence-electron chi connectivity index (χ1n) is 5.69. The molecular formula is C10H11F3N2O3S3. The number of nitrogens with zero attached hydrogens (tertiary/aromatic N) is 1. The molecule has 1 saturated heterocycles. The molecule has 1 atom stereocenters. The molecule has 0 spiro atoms. The Labute approximate surface area is 127 Å². The number of halogens is 3. The Morgan fingerprint density at radius 2 is 2.19 bits per heavy atom. The highest BCUT2D eigenvalue weighted by atomic mass is 32.2. The van der Waals surface area contributed by atoms with Crippen LogP contribution in [0.5, 0.6) is 0 Å². The Balaban J connectivity index is 2.12. The smallest absolute Gasteiger partial charge is 0.346 e. The molecule has 2 rings (SSSR count). The van der Waals surface area contributed by atoms with Crippen LogP contribution in [-0.4, -0.2) is 49.0 Å². The summed E-state index contributed by atoms with van der Waals surface area (Å²) in [5, 5.41) is 3.31. The van der Waals surface area contributed by atoms with Gasteiger partial charge < -0.3 is 5.32 Å². The molecule has 1 aliphatic rings. The summed E-state index contributed by atoms with van der Waals surface area (Å²) in [6.45, 7) is -1.47. The summed E-state index contributed by atoms with van der Waals surface area (Å²) in [6, 6.07) is 1.83. The fraction of sp³-hybridized carbons (Fsp3) is 0.500. The van der Waals surface area contributed by atoms with Crippen molar-refractivity contribution >= 4 is 39.0 Å². The predicted octanol–water partition coefficient (Wildman–Crippen LogP) is 1.49. The van der Waals surface area contributed by atoms with Crippen molar-refractivity contribution < 1.29 is 26.4 Å². The standard InChI is InChI=1S/C10H11F3N2O3S3/c11-10(12,13)5-14-9(16)7-4-19-6-15(7)21(17,18)8-2-1-3-20-8/h1-3,7H,4-6H2,(H,14,16)/t7-/m0/s1. The Kier molecular flexibility index (Phi) is 4.85. The van der Waals surface area contributed by atoms with Gasteiger partial charge in [0.2, 0.25) is 5.91 Å². The Morgan fingerprint density at radius 1 is 1.48 bits per heavy atom. The Hall–Kier alpha value is -0.780. The van der Waals surface area contributed by atoms with E-state index >= 15 is 0 Å². The summed E-state index contributed by atoms with van der Waals surface area (Å²) in [6.07, 6.45) is -4.53. The Bertz CT molecular complexity index is 601. The second kappa shape index (κ2) is 6.15. The van der Waals surface area contributed by atoms with Gasteiger partial charge in [-0.25, -0.2) is 8.42 Å². The number of hydrogen-bond donors (Lipinski definition) is 1. The zero-order valence-corrected chi connectivity index (χ0v) is 12.9. The normalized spacial score (nSPS) is 20.6. The van der Waals surface area contributed by atoms with Gasteiger partial charge in [0.25, 0.3) is 10.0 Å². The molecule has 0 aromatic carbocycles. The van der Waals surface area contributed by atoms with Crippen molar-refractivity contribution in [3.63, 3.8) is 0 Å². The van der Waals surface area contributed by atoms with Crippen molar-refractivity contribution in [3.8, 4) is 0 Å². The van der Waals surface area contributed by atoms with Gasteiger partial charge in [0.15, 0.2) is 0 Å². The molecule has 21 heavy (non-hydrogen) atoms. The lowest BCUT2D eigenvalue weighted by atomic mass is 10.3. The molecule has 0 aliphatic carbocycles. The van der Waals surface area contributed by atoms with Gasteiger partial charge in [-0.2, -0.15) is 17.5 Å². The van der Waals surface area contributed by atoms with Crippen LogP contribution in [0, 0.1) is 0 Å². The van der Waals surface area contributed by atoms with Crippen LogP contribution >= 0.6 is 23.1 Å². The molecule has 5 nitrogen and oxygen atoms in total. The highest BCUT2D eigenvalue weighted by molar-refractivity contribution is 8.01. The maximum atomic E-state index is 12.3. The van der Waals surface area contributed by atoms with Crippen molar-refractivity contribution in [1.82, 2.24) is 9.62 Å². The molecule has 0 bridgehead atoms. The third kappa shape index (κ3) is 3.90. The fourth-order valence-electron chi connectivity index (χ4n) is 1.70. The lowest BCUT2D eigenvalue weighted by Crippen LogP contribution is -2.48. The molecule has 1 N–H and O–H groups in total. The first-order chi connectivity index (χ1) is 9.72. The van der Waals surface area contributed by atoms with Crippen LogP contribution in [0.3, 0.4) is 0 Å². The van der Waals surface area contributed by atoms with E-state index in [1.54, 1.807) is 16.8 Å². The van der Waals surface area contributed by atoms with E-state index in [1.807, 2.05) is 0 Å². The van der Waals surface area contributed by atoms with Crippen LogP contribution in [0.1, 0.15) is 0 Å². The predicted molar refractivity (Wildman–Crippen MR) is 73.5 cm³/mol. The number of nitrogens with one attached hydrogen (secondary N) is 1. The summed E-state index contributed by atoms with van der Waals surface area (Å²) in [7, 11) is -3.85. The van der Waals surface area contributed by atoms with Crippen LogP contribution in [0.15, 0.2) is 21.7 Å². The van der Waals surface area contributed by atoms with E-state index in [9.17, 15) is 26.4 Å². The van der Waals surface area contributed by atoms with E-state index in [1.165, 1.54) is 17.8 Å². The summed E-state index contributed by atoms with van der Waals surface area (Å²) in [4.78, 5) is 11.8. The van der Waals surface area contributed by atoms with Gasteiger partial charge in [-0.3, -0.25) is 4.79 Å². The maximum absolute atomic E-state index is 12.3. The van der Waals surface area contributed by atoms with Crippen molar-refractivity contribution in [2.75, 3.05) is 18.2 Å². The van der Waals surface area contributed by atoms with Crippen molar-refractivity contribution in [3.05, 3.63) is 17.5 Å². The molecule has 2 heterocycles. The first-order valence-corrected chi connectivity index (χ1v) is 9.17. The molecular weight excluding hydrogens is 349 g/mol. The van der Waals surface area contributed by atoms with Crippen LogP contribution < -0.4 is 5.32 Å². The third-order valence-corrected chi connectivity index (χ3v) is 7.07. The average Bonchev–Trinajstić information content (AvgIpc) is 3.05. The van der Waals surface area contributed by atoms with Gasteiger partial charge in [0.1, 0.15) is 16.8 Å². The quantitative estimate of drug-likeness (QED) is 0.884. The molecule has 1 aliphatic heterocycles. The number of alkyl halides is 3. The average molecular weight is 360 g/mol. The minimum Gasteiger partial charge on any atom is -0.346 e. The van der Waals surface area contributed by atoms with Crippen molar-refractivity contribution in [2.24, 2.45) is 0 Å². The number of carbonyl (C=O) groups is 1. The summed E-state index contributed by atoms with van der Waals surface area (Å²) >= 11 is 2.18. The number of carbonyl (C=O) groups excluding carboxylic acids is 1. The summed E-state index contributed by atoms with van der Waals surface area (Å²) in [5.74, 6) is -0.754. The number of rotatable bonds is 4. The number of sulfonamides is 1. The molecule has 1 amide bonds. The summed E-state index contributed by atoms with van der Waals surface area (Å²) in [5.41, 5.74) is 0. The van der Waals surface area contributed by atoms with Gasteiger partial charge in [0.05, 0.1) is 5.88 Å². The largest absolute Gasteiger partial charge is 0.405 e. The van der Waals surface area contributed by atoms with E-state index in [0.717, 1.165) is 15.6 Å². The summed E-state index contributed by atoms with van der Waals surface area (Å²) < 4.78 is 62.0. The maximum Gasteiger partial charge on any atom is 0.405 e. The number of amides is 1. The van der Waals surface area contributed by atoms with Gasteiger partial charge in [0, 0.05) is 5.75 Å². The highest BCUT2D eigenvalue weighted by Crippen LogP contribution is 2.30. The number of thiophene rings is 1. The van der Waals surface area contributed by atoms with Crippen molar-refractivity contribution in [2.45, 2.75) is 16.4 Å². The van der Waals surface area contributed by atoms with E-state index in [-0.39, 0.29) is 15.8 Å². The number of hydrogen-bond acceptors (Lipinski definition) is 5. The minimum absolute atomic E-state index is 0.0460. The van der Waals surface area contributed by atoms with Gasteiger partial charge in [-0.05, 0) is 11.4 Å². The van der Waals surface area contributed by atoms with Gasteiger partial charge in [-0.1, -0.05) is 6.07 Å². The first kappa shape index (κ1) is 16.6. The minimum atomic E-state index is -4.53. The van der Waals surface area contributed by atoms with Crippen molar-refractivity contribution in [1.29, 1.82) is 0 Å². The van der Waals surface area contributed by atoms with E-state index in [4.69, 9.17) is 0 Å². The molecule has 118 valence electrons. The SMILES string of the molecule is O=C(NCC(F)(F)F)[C@@H]1CSCN1S(=O)(=O)c1cccs1. The van der Waals surface area contributed by atoms with E-state index < -0.39 is 34.7 Å². The van der Waals surface area contributed by atoms with E-state index in [2.05, 4.69) is 0 Å². The number of thioether (sulfide) groups is 1. The van der Waals surface area contributed by atoms with Crippen LogP contribution in [0.4, 0.5) is 13.2 Å². The highest BCUT2D eigenvalue weighted by Gasteiger charge is 2.41. The zero-order valence-electron chi connectivity index (χ0n) is 10.5. The second-order valence-electron chi connectivity index (χ2n) is 4.17. The Morgan fingerprint density at radius 3 is 2.76 bits per heavy atom. The van der Waals surface area contributed by atoms with Crippen LogP contribution in [0.25, 0.3) is 0 Å². The fourth-order valence-corrected chi connectivity index (χ4v) is 5.97. The van der Waals surface area contributed by atoms with E-state index in [0.29, 0.717) is 0 Å². The zero-order chi connectivity index (χ0) is 15.7. The lowest BCUT2D eigenvalue weighted by Gasteiger charge is -2.22. The monoisotopic (exact) mass is 360 g/mol. The molecule has 0 saturated carbocycles. The molecule has 1 aromatic heterocycles. The molecule has 1 aromatic rings. The molecule has 0 radical (unpaired) electrons. The second-order valence-corrected chi connectivity index (χ2v) is 8.24.